The molecule has 3 aromatic rings. The van der Waals surface area contributed by atoms with Gasteiger partial charge < -0.3 is 25.1 Å². The van der Waals surface area contributed by atoms with Crippen molar-refractivity contribution in [3.63, 3.8) is 0 Å². The molecule has 37 heavy (non-hydrogen) atoms. The number of hydrogen-bond donors (Lipinski definition) is 2. The Balaban J connectivity index is 1.72. The Labute approximate surface area is 223 Å². The predicted molar refractivity (Wildman–Crippen MR) is 144 cm³/mol. The van der Waals surface area contributed by atoms with Gasteiger partial charge in [-0.2, -0.15) is 0 Å². The maximum absolute atomic E-state index is 12.8. The van der Waals surface area contributed by atoms with E-state index in [-0.39, 0.29) is 39.8 Å². The minimum absolute atomic E-state index is 0.00948. The lowest BCUT2D eigenvalue weighted by Gasteiger charge is -2.17. The third-order valence-electron chi connectivity index (χ3n) is 5.49. The van der Waals surface area contributed by atoms with Gasteiger partial charge in [-0.15, -0.1) is 21.5 Å². The summed E-state index contributed by atoms with van der Waals surface area (Å²) in [5.41, 5.74) is 8.14. The molecule has 1 aromatic carbocycles. The second-order valence-electron chi connectivity index (χ2n) is 8.30. The molecule has 0 saturated carbocycles. The Kier molecular flexibility index (Phi) is 9.33. The van der Waals surface area contributed by atoms with Gasteiger partial charge >= 0.3 is 5.97 Å². The molecule has 2 heterocycles. The first-order valence-corrected chi connectivity index (χ1v) is 13.6. The number of thioether (sulfide) groups is 1. The number of amides is 2. The number of hydrogen-bond acceptors (Lipinski definition) is 9. The van der Waals surface area contributed by atoms with Gasteiger partial charge in [0.05, 0.1) is 22.8 Å². The highest BCUT2D eigenvalue weighted by molar-refractivity contribution is 7.99. The molecular weight excluding hydrogens is 514 g/mol. The zero-order valence-corrected chi connectivity index (χ0v) is 23.3. The largest absolute Gasteiger partial charge is 0.482 e. The molecule has 3 N–H and O–H groups in total. The van der Waals surface area contributed by atoms with Crippen LogP contribution in [0.2, 0.25) is 0 Å². The van der Waals surface area contributed by atoms with Crippen LogP contribution >= 0.6 is 23.1 Å². The van der Waals surface area contributed by atoms with E-state index in [0.717, 1.165) is 28.2 Å². The predicted octanol–water partition coefficient (Wildman–Crippen LogP) is 4.43. The number of thiophene rings is 1. The van der Waals surface area contributed by atoms with Crippen molar-refractivity contribution in [1.82, 2.24) is 14.8 Å². The summed E-state index contributed by atoms with van der Waals surface area (Å²) in [5, 5.41) is 12.1. The number of ether oxygens (including phenoxy) is 2. The molecule has 198 valence electrons. The maximum Gasteiger partial charge on any atom is 0.341 e. The second-order valence-corrected chi connectivity index (χ2v) is 10.3. The molecule has 12 heteroatoms. The average molecular weight is 546 g/mol. The summed E-state index contributed by atoms with van der Waals surface area (Å²) in [6, 6.07) is 5.99. The number of nitrogens with two attached hydrogens (primary N) is 1. The Hall–Kier alpha value is -3.38. The van der Waals surface area contributed by atoms with Crippen LogP contribution in [0.15, 0.2) is 23.4 Å². The van der Waals surface area contributed by atoms with E-state index >= 15 is 0 Å². The van der Waals surface area contributed by atoms with Crippen LogP contribution < -0.4 is 15.8 Å². The van der Waals surface area contributed by atoms with Crippen LogP contribution in [-0.4, -0.2) is 44.9 Å². The van der Waals surface area contributed by atoms with Crippen molar-refractivity contribution in [3.8, 4) is 5.75 Å². The number of nitrogens with one attached hydrogen (secondary N) is 1. The van der Waals surface area contributed by atoms with E-state index in [9.17, 15) is 14.4 Å². The fourth-order valence-corrected chi connectivity index (χ4v) is 5.63. The number of anilines is 1. The quantitative estimate of drug-likeness (QED) is 0.267. The van der Waals surface area contributed by atoms with E-state index in [1.54, 1.807) is 13.8 Å². The molecule has 0 radical (unpaired) electrons. The van der Waals surface area contributed by atoms with Crippen LogP contribution in [0, 0.1) is 20.8 Å². The van der Waals surface area contributed by atoms with Gasteiger partial charge in [0.25, 0.3) is 5.91 Å². The molecule has 0 aliphatic rings. The lowest BCUT2D eigenvalue weighted by molar-refractivity contribution is -0.113. The van der Waals surface area contributed by atoms with Gasteiger partial charge in [-0.3, -0.25) is 9.59 Å². The molecule has 0 aliphatic heterocycles. The molecule has 2 amide bonds. The number of rotatable bonds is 11. The fraction of sp³-hybridized carbons (Fsp3) is 0.400. The molecule has 10 nitrogen and oxygen atoms in total. The summed E-state index contributed by atoms with van der Waals surface area (Å²) < 4.78 is 13.1. The summed E-state index contributed by atoms with van der Waals surface area (Å²) in [7, 11) is 0. The molecular formula is C25H31N5O5S2. The zero-order valence-electron chi connectivity index (χ0n) is 21.7. The van der Waals surface area contributed by atoms with Gasteiger partial charge in [0.1, 0.15) is 10.8 Å². The van der Waals surface area contributed by atoms with Crippen molar-refractivity contribution in [2.24, 2.45) is 5.73 Å². The topological polar surface area (TPSA) is 138 Å². The van der Waals surface area contributed by atoms with Gasteiger partial charge in [0, 0.05) is 6.54 Å². The van der Waals surface area contributed by atoms with Crippen molar-refractivity contribution < 1.29 is 23.9 Å². The van der Waals surface area contributed by atoms with Crippen molar-refractivity contribution in [1.29, 1.82) is 0 Å². The van der Waals surface area contributed by atoms with Gasteiger partial charge in [-0.25, -0.2) is 4.79 Å². The van der Waals surface area contributed by atoms with Crippen molar-refractivity contribution >= 4 is 45.9 Å². The Bertz CT molecular complexity index is 1320. The SMILES string of the molecule is CCOC(=O)c1c(NC(=O)CSc2nnc(C(C)Oc3ccc(C)cc3C)n2CC)sc(C(N)=O)c1C. The van der Waals surface area contributed by atoms with E-state index in [1.807, 2.05) is 44.4 Å². The lowest BCUT2D eigenvalue weighted by atomic mass is 10.1. The minimum atomic E-state index is -0.677. The number of primary amides is 1. The Morgan fingerprint density at radius 3 is 2.54 bits per heavy atom. The standard InChI is InChI=1S/C25H31N5O5S2/c1-7-30-22(16(6)35-17-10-9-13(3)11-14(17)4)28-29-25(30)36-12-18(31)27-23-19(24(33)34-8-2)15(5)20(37-23)21(26)32/h9-11,16H,7-8,12H2,1-6H3,(H2,26,32)(H,27,31). The number of aromatic nitrogens is 3. The van der Waals surface area contributed by atoms with Crippen molar-refractivity contribution in [2.75, 3.05) is 17.7 Å². The van der Waals surface area contributed by atoms with E-state index in [1.165, 1.54) is 11.8 Å². The van der Waals surface area contributed by atoms with Crippen LogP contribution in [0.5, 0.6) is 5.75 Å². The maximum atomic E-state index is 12.8. The Morgan fingerprint density at radius 1 is 1.19 bits per heavy atom. The molecule has 1 unspecified atom stereocenters. The van der Waals surface area contributed by atoms with E-state index in [0.29, 0.717) is 23.1 Å². The summed E-state index contributed by atoms with van der Waals surface area (Å²) >= 11 is 2.16. The van der Waals surface area contributed by atoms with E-state index < -0.39 is 11.9 Å². The summed E-state index contributed by atoms with van der Waals surface area (Å²) in [6.45, 7) is 11.9. The molecule has 0 saturated heterocycles. The van der Waals surface area contributed by atoms with E-state index in [2.05, 4.69) is 21.6 Å². The molecule has 1 atom stereocenters. The minimum Gasteiger partial charge on any atom is -0.482 e. The fourth-order valence-electron chi connectivity index (χ4n) is 3.76. The number of benzene rings is 1. The zero-order chi connectivity index (χ0) is 27.3. The summed E-state index contributed by atoms with van der Waals surface area (Å²) in [6.07, 6.45) is -0.356. The smallest absolute Gasteiger partial charge is 0.341 e. The number of carbonyl (C=O) groups excluding carboxylic acids is 3. The number of carbonyl (C=O) groups is 3. The summed E-state index contributed by atoms with van der Waals surface area (Å²) in [5.74, 6) is -0.246. The highest BCUT2D eigenvalue weighted by atomic mass is 32.2. The van der Waals surface area contributed by atoms with Gasteiger partial charge in [0.2, 0.25) is 5.91 Å². The second kappa shape index (κ2) is 12.2. The van der Waals surface area contributed by atoms with E-state index in [4.69, 9.17) is 15.2 Å². The lowest BCUT2D eigenvalue weighted by Crippen LogP contribution is -2.17. The highest BCUT2D eigenvalue weighted by Crippen LogP contribution is 2.34. The van der Waals surface area contributed by atoms with Crippen molar-refractivity contribution in [3.05, 3.63) is 51.2 Å². The molecule has 2 aromatic heterocycles. The van der Waals surface area contributed by atoms with Crippen LogP contribution in [0.4, 0.5) is 5.00 Å². The number of nitrogens with zero attached hydrogens (tertiary/aromatic N) is 3. The van der Waals surface area contributed by atoms with Crippen LogP contribution in [-0.2, 0) is 16.1 Å². The monoisotopic (exact) mass is 545 g/mol. The van der Waals surface area contributed by atoms with Crippen LogP contribution in [0.25, 0.3) is 0 Å². The van der Waals surface area contributed by atoms with Gasteiger partial charge in [-0.1, -0.05) is 29.5 Å². The van der Waals surface area contributed by atoms with Crippen LogP contribution in [0.1, 0.15) is 69.4 Å². The Morgan fingerprint density at radius 2 is 1.92 bits per heavy atom. The molecule has 0 bridgehead atoms. The molecule has 0 spiro atoms. The molecule has 0 aliphatic carbocycles. The average Bonchev–Trinajstić information content (AvgIpc) is 3.40. The highest BCUT2D eigenvalue weighted by Gasteiger charge is 2.26. The van der Waals surface area contributed by atoms with Crippen molar-refractivity contribution in [2.45, 2.75) is 59.3 Å². The third-order valence-corrected chi connectivity index (χ3v) is 7.68. The first kappa shape index (κ1) is 28.2. The van der Waals surface area contributed by atoms with Gasteiger partial charge in [0.15, 0.2) is 17.1 Å². The van der Waals surface area contributed by atoms with Crippen LogP contribution in [0.3, 0.4) is 0 Å². The first-order chi connectivity index (χ1) is 17.6. The normalized spacial score (nSPS) is 11.7. The number of esters is 1. The number of aryl methyl sites for hydroxylation is 2. The third kappa shape index (κ3) is 6.50. The molecule has 0 fully saturated rings. The van der Waals surface area contributed by atoms with Gasteiger partial charge in [-0.05, 0) is 58.7 Å². The summed E-state index contributed by atoms with van der Waals surface area (Å²) in [4.78, 5) is 37.2. The first-order valence-electron chi connectivity index (χ1n) is 11.8. The molecule has 3 rings (SSSR count).